The Bertz CT molecular complexity index is 1040. The molecule has 0 spiro atoms. The second-order valence-electron chi connectivity index (χ2n) is 7.48. The first-order valence-electron chi connectivity index (χ1n) is 9.64. The van der Waals surface area contributed by atoms with Crippen molar-refractivity contribution in [1.82, 2.24) is 10.1 Å². The number of carbonyl (C=O) groups excluding carboxylic acids is 1. The average molecular weight is 392 g/mol. The van der Waals surface area contributed by atoms with Crippen LogP contribution in [-0.2, 0) is 6.42 Å². The number of nitrogens with zero attached hydrogens (tertiary/aromatic N) is 3. The molecule has 1 N–H and O–H groups in total. The van der Waals surface area contributed by atoms with Gasteiger partial charge in [-0.3, -0.25) is 4.90 Å². The predicted octanol–water partition coefficient (Wildman–Crippen LogP) is 4.85. The van der Waals surface area contributed by atoms with Crippen molar-refractivity contribution < 1.29 is 14.1 Å². The van der Waals surface area contributed by atoms with Crippen molar-refractivity contribution in [3.05, 3.63) is 65.3 Å². The number of carbonyl (C=O) groups is 1. The number of fused-ring (bicyclic) bond motifs is 1. The summed E-state index contributed by atoms with van der Waals surface area (Å²) in [6.07, 6.45) is 0.630. The molecule has 7 nitrogen and oxygen atoms in total. The number of hydrogen-bond donors (Lipinski definition) is 1. The van der Waals surface area contributed by atoms with E-state index in [1.807, 2.05) is 63.2 Å². The van der Waals surface area contributed by atoms with Gasteiger partial charge in [-0.1, -0.05) is 37.2 Å². The molecule has 1 aromatic heterocycles. The fourth-order valence-electron chi connectivity index (χ4n) is 3.53. The van der Waals surface area contributed by atoms with Crippen LogP contribution in [0.25, 0.3) is 0 Å². The molecule has 1 aliphatic heterocycles. The Morgan fingerprint density at radius 1 is 1.28 bits per heavy atom. The van der Waals surface area contributed by atoms with E-state index in [1.165, 1.54) is 0 Å². The lowest BCUT2D eigenvalue weighted by Gasteiger charge is -2.24. The molecular weight excluding hydrogens is 368 g/mol. The van der Waals surface area contributed by atoms with Gasteiger partial charge in [-0.05, 0) is 42.3 Å². The third-order valence-corrected chi connectivity index (χ3v) is 5.13. The van der Waals surface area contributed by atoms with Crippen molar-refractivity contribution in [2.45, 2.75) is 39.2 Å². The summed E-state index contributed by atoms with van der Waals surface area (Å²) in [6, 6.07) is 12.8. The maximum absolute atomic E-state index is 13.3. The molecule has 29 heavy (non-hydrogen) atoms. The highest BCUT2D eigenvalue weighted by Gasteiger charge is 2.38. The van der Waals surface area contributed by atoms with Gasteiger partial charge in [0.15, 0.2) is 5.82 Å². The molecule has 1 atom stereocenters. The van der Waals surface area contributed by atoms with Crippen molar-refractivity contribution in [2.75, 3.05) is 17.3 Å². The zero-order valence-electron chi connectivity index (χ0n) is 17.0. The van der Waals surface area contributed by atoms with E-state index >= 15 is 0 Å². The highest BCUT2D eigenvalue weighted by atomic mass is 16.5. The molecule has 0 saturated carbocycles. The van der Waals surface area contributed by atoms with Crippen molar-refractivity contribution in [3.8, 4) is 5.75 Å². The van der Waals surface area contributed by atoms with Crippen LogP contribution >= 0.6 is 0 Å². The van der Waals surface area contributed by atoms with Crippen LogP contribution in [-0.4, -0.2) is 23.3 Å². The van der Waals surface area contributed by atoms with Crippen LogP contribution in [0, 0.1) is 6.92 Å². The highest BCUT2D eigenvalue weighted by molar-refractivity contribution is 6.04. The number of ether oxygens (including phenoxy) is 1. The quantitative estimate of drug-likeness (QED) is 0.687. The normalized spacial score (nSPS) is 15.5. The molecule has 0 bridgehead atoms. The topological polar surface area (TPSA) is 80.5 Å². The van der Waals surface area contributed by atoms with E-state index < -0.39 is 0 Å². The number of methoxy groups -OCH3 is 1. The van der Waals surface area contributed by atoms with Crippen LogP contribution in [0.2, 0.25) is 0 Å². The first-order valence-corrected chi connectivity index (χ1v) is 9.64. The third-order valence-electron chi connectivity index (χ3n) is 5.13. The maximum atomic E-state index is 13.3. The lowest BCUT2D eigenvalue weighted by atomic mass is 10.1. The molecule has 0 radical (unpaired) electrons. The zero-order valence-corrected chi connectivity index (χ0v) is 17.0. The van der Waals surface area contributed by atoms with Gasteiger partial charge in [0.25, 0.3) is 0 Å². The molecule has 2 amide bonds. The molecule has 2 heterocycles. The minimum absolute atomic E-state index is 0.153. The first-order chi connectivity index (χ1) is 14.0. The number of aryl methyl sites for hydroxylation is 1. The van der Waals surface area contributed by atoms with E-state index in [4.69, 9.17) is 9.26 Å². The number of benzene rings is 2. The minimum atomic E-state index is -0.342. The lowest BCUT2D eigenvalue weighted by molar-refractivity contribution is 0.253. The number of nitrogens with one attached hydrogen (secondary N) is 1. The minimum Gasteiger partial charge on any atom is -0.497 e. The van der Waals surface area contributed by atoms with Crippen LogP contribution in [0.4, 0.5) is 16.2 Å². The Labute approximate surface area is 169 Å². The second kappa shape index (κ2) is 7.58. The van der Waals surface area contributed by atoms with Gasteiger partial charge in [0.05, 0.1) is 7.11 Å². The van der Waals surface area contributed by atoms with E-state index in [2.05, 4.69) is 15.5 Å². The largest absolute Gasteiger partial charge is 0.497 e. The zero-order chi connectivity index (χ0) is 20.5. The maximum Gasteiger partial charge on any atom is 0.327 e. The number of amides is 2. The molecular formula is C22H24N4O3. The molecule has 0 saturated heterocycles. The number of hydrogen-bond acceptors (Lipinski definition) is 5. The van der Waals surface area contributed by atoms with Gasteiger partial charge in [-0.25, -0.2) is 4.79 Å². The molecule has 2 aromatic carbocycles. The SMILES string of the molecule is COc1ccc(NC(=O)N2c3ccccc3CC2c2nc(C(C)C)no2)c(C)c1. The van der Waals surface area contributed by atoms with Gasteiger partial charge in [-0.2, -0.15) is 4.98 Å². The average Bonchev–Trinajstić information content (AvgIpc) is 3.34. The Balaban J connectivity index is 1.66. The summed E-state index contributed by atoms with van der Waals surface area (Å²) in [5.74, 6) is 1.99. The summed E-state index contributed by atoms with van der Waals surface area (Å²) >= 11 is 0. The Kier molecular flexibility index (Phi) is 4.96. The number of aromatic nitrogens is 2. The molecule has 0 fully saturated rings. The van der Waals surface area contributed by atoms with Crippen LogP contribution in [0.5, 0.6) is 5.75 Å². The monoisotopic (exact) mass is 392 g/mol. The van der Waals surface area contributed by atoms with Crippen LogP contribution in [0.15, 0.2) is 47.0 Å². The Morgan fingerprint density at radius 2 is 2.07 bits per heavy atom. The molecule has 0 aliphatic carbocycles. The number of urea groups is 1. The van der Waals surface area contributed by atoms with Gasteiger partial charge >= 0.3 is 6.03 Å². The number of rotatable bonds is 4. The van der Waals surface area contributed by atoms with Gasteiger partial charge in [0, 0.05) is 23.7 Å². The Hall–Kier alpha value is -3.35. The number of para-hydroxylation sites is 1. The first kappa shape index (κ1) is 19.0. The molecule has 3 aromatic rings. The van der Waals surface area contributed by atoms with Crippen LogP contribution in [0.3, 0.4) is 0 Å². The van der Waals surface area contributed by atoms with Gasteiger partial charge in [-0.15, -0.1) is 0 Å². The lowest BCUT2D eigenvalue weighted by Crippen LogP contribution is -2.36. The standard InChI is InChI=1S/C22H24N4O3/c1-13(2)20-24-21(29-25-20)19-12-15-7-5-6-8-18(15)26(19)22(27)23-17-10-9-16(28-4)11-14(17)3/h5-11,13,19H,12H2,1-4H3,(H,23,27). The van der Waals surface area contributed by atoms with E-state index in [-0.39, 0.29) is 18.0 Å². The molecule has 150 valence electrons. The summed E-state index contributed by atoms with van der Waals surface area (Å²) in [5.41, 5.74) is 3.57. The summed E-state index contributed by atoms with van der Waals surface area (Å²) in [4.78, 5) is 19.5. The van der Waals surface area contributed by atoms with Gasteiger partial charge < -0.3 is 14.6 Å². The molecule has 1 unspecified atom stereocenters. The summed E-state index contributed by atoms with van der Waals surface area (Å²) < 4.78 is 10.8. The van der Waals surface area contributed by atoms with Crippen molar-refractivity contribution in [2.24, 2.45) is 0 Å². The third kappa shape index (κ3) is 3.55. The molecule has 1 aliphatic rings. The Morgan fingerprint density at radius 3 is 2.76 bits per heavy atom. The van der Waals surface area contributed by atoms with E-state index in [1.54, 1.807) is 12.0 Å². The van der Waals surface area contributed by atoms with Gasteiger partial charge in [0.1, 0.15) is 11.8 Å². The molecule has 7 heteroatoms. The van der Waals surface area contributed by atoms with Crippen molar-refractivity contribution in [1.29, 1.82) is 0 Å². The van der Waals surface area contributed by atoms with Crippen LogP contribution in [0.1, 0.15) is 48.6 Å². The van der Waals surface area contributed by atoms with E-state index in [9.17, 15) is 4.79 Å². The van der Waals surface area contributed by atoms with Crippen LogP contribution < -0.4 is 15.0 Å². The highest BCUT2D eigenvalue weighted by Crippen LogP contribution is 2.40. The number of anilines is 2. The van der Waals surface area contributed by atoms with Gasteiger partial charge in [0.2, 0.25) is 5.89 Å². The van der Waals surface area contributed by atoms with E-state index in [0.29, 0.717) is 18.1 Å². The smallest absolute Gasteiger partial charge is 0.327 e. The summed E-state index contributed by atoms with van der Waals surface area (Å²) in [7, 11) is 1.62. The van der Waals surface area contributed by atoms with Crippen molar-refractivity contribution in [3.63, 3.8) is 0 Å². The predicted molar refractivity (Wildman–Crippen MR) is 111 cm³/mol. The summed E-state index contributed by atoms with van der Waals surface area (Å²) in [6.45, 7) is 5.95. The summed E-state index contributed by atoms with van der Waals surface area (Å²) in [5, 5.41) is 7.09. The second-order valence-corrected chi connectivity index (χ2v) is 7.48. The van der Waals surface area contributed by atoms with Crippen molar-refractivity contribution >= 4 is 17.4 Å². The fourth-order valence-corrected chi connectivity index (χ4v) is 3.53. The fraction of sp³-hybridized carbons (Fsp3) is 0.318. The molecule has 4 rings (SSSR count). The van der Waals surface area contributed by atoms with E-state index in [0.717, 1.165) is 28.3 Å².